The Bertz CT molecular complexity index is 667. The van der Waals surface area contributed by atoms with E-state index >= 15 is 0 Å². The van der Waals surface area contributed by atoms with Gasteiger partial charge in [-0.3, -0.25) is 0 Å². The van der Waals surface area contributed by atoms with Crippen LogP contribution in [0.2, 0.25) is 5.02 Å². The van der Waals surface area contributed by atoms with Crippen molar-refractivity contribution in [1.82, 2.24) is 9.66 Å². The highest BCUT2D eigenvalue weighted by Crippen LogP contribution is 2.32. The third-order valence-electron chi connectivity index (χ3n) is 2.74. The zero-order valence-electron chi connectivity index (χ0n) is 12.1. The van der Waals surface area contributed by atoms with E-state index in [1.54, 1.807) is 31.7 Å². The van der Waals surface area contributed by atoms with E-state index in [-0.39, 0.29) is 0 Å². The molecule has 0 atom stereocenters. The number of benzene rings is 1. The van der Waals surface area contributed by atoms with Crippen LogP contribution in [0.5, 0.6) is 11.5 Å². The maximum atomic E-state index is 6.22. The average Bonchev–Trinajstić information content (AvgIpc) is 2.76. The highest BCUT2D eigenvalue weighted by molar-refractivity contribution is 6.33. The molecule has 0 aliphatic carbocycles. The smallest absolute Gasteiger partial charge is 0.221 e. The second-order valence-electron chi connectivity index (χ2n) is 4.29. The number of methoxy groups -OCH3 is 1. The Hall–Kier alpha value is -2.21. The number of aromatic nitrogens is 2. The molecule has 0 aliphatic heterocycles. The first kappa shape index (κ1) is 15.2. The van der Waals surface area contributed by atoms with E-state index < -0.39 is 0 Å². The quantitative estimate of drug-likeness (QED) is 0.862. The Labute approximate surface area is 128 Å². The number of nitrogens with two attached hydrogens (primary N) is 1. The largest absolute Gasteiger partial charge is 0.493 e. The number of aryl methyl sites for hydroxylation is 1. The van der Waals surface area contributed by atoms with Crippen LogP contribution in [0.1, 0.15) is 18.2 Å². The van der Waals surface area contributed by atoms with Crippen molar-refractivity contribution in [3.8, 4) is 11.5 Å². The number of hydrogen-bond donors (Lipinski definition) is 1. The first-order valence-electron chi connectivity index (χ1n) is 6.41. The molecule has 2 aromatic rings. The van der Waals surface area contributed by atoms with Crippen molar-refractivity contribution in [3.05, 3.63) is 34.6 Å². The summed E-state index contributed by atoms with van der Waals surface area (Å²) in [4.78, 5) is 4.07. The van der Waals surface area contributed by atoms with Gasteiger partial charge in [0.15, 0.2) is 11.5 Å². The summed E-state index contributed by atoms with van der Waals surface area (Å²) in [6.45, 7) is 4.27. The molecule has 0 radical (unpaired) electrons. The SMILES string of the molecule is CCOc1cc(Cl)c(C=Nn2cc(C)nc2N)cc1OC. The number of halogens is 1. The van der Waals surface area contributed by atoms with Gasteiger partial charge >= 0.3 is 0 Å². The lowest BCUT2D eigenvalue weighted by atomic mass is 10.2. The van der Waals surface area contributed by atoms with E-state index in [2.05, 4.69) is 10.1 Å². The molecule has 6 nitrogen and oxygen atoms in total. The summed E-state index contributed by atoms with van der Waals surface area (Å²) in [5.74, 6) is 1.51. The van der Waals surface area contributed by atoms with Crippen molar-refractivity contribution < 1.29 is 9.47 Å². The molecule has 0 spiro atoms. The molecule has 2 rings (SSSR count). The molecule has 1 aromatic heterocycles. The molecule has 0 saturated heterocycles. The molecule has 1 aromatic carbocycles. The van der Waals surface area contributed by atoms with Crippen LogP contribution >= 0.6 is 11.6 Å². The minimum atomic E-state index is 0.317. The summed E-state index contributed by atoms with van der Waals surface area (Å²) in [5.41, 5.74) is 7.21. The Morgan fingerprint density at radius 1 is 1.43 bits per heavy atom. The molecular weight excluding hydrogens is 292 g/mol. The molecule has 0 unspecified atom stereocenters. The Morgan fingerprint density at radius 3 is 2.76 bits per heavy atom. The third-order valence-corrected chi connectivity index (χ3v) is 3.07. The van der Waals surface area contributed by atoms with E-state index in [4.69, 9.17) is 26.8 Å². The Balaban J connectivity index is 2.33. The van der Waals surface area contributed by atoms with Gasteiger partial charge < -0.3 is 15.2 Å². The zero-order valence-corrected chi connectivity index (χ0v) is 12.9. The van der Waals surface area contributed by atoms with Crippen molar-refractivity contribution in [2.75, 3.05) is 19.5 Å². The number of anilines is 1. The van der Waals surface area contributed by atoms with Crippen molar-refractivity contribution >= 4 is 23.8 Å². The molecule has 112 valence electrons. The lowest BCUT2D eigenvalue weighted by Gasteiger charge is -2.11. The van der Waals surface area contributed by atoms with E-state index in [1.807, 2.05) is 13.8 Å². The molecule has 0 fully saturated rings. The highest BCUT2D eigenvalue weighted by atomic mass is 35.5. The van der Waals surface area contributed by atoms with Crippen LogP contribution in [-0.2, 0) is 0 Å². The van der Waals surface area contributed by atoms with E-state index in [0.717, 1.165) is 5.69 Å². The van der Waals surface area contributed by atoms with Crippen LogP contribution in [-0.4, -0.2) is 29.6 Å². The van der Waals surface area contributed by atoms with Crippen molar-refractivity contribution in [3.63, 3.8) is 0 Å². The van der Waals surface area contributed by atoms with Gasteiger partial charge in [0.05, 0.1) is 36.8 Å². The van der Waals surface area contributed by atoms with Crippen LogP contribution in [0.4, 0.5) is 5.95 Å². The second-order valence-corrected chi connectivity index (χ2v) is 4.69. The fourth-order valence-corrected chi connectivity index (χ4v) is 2.00. The van der Waals surface area contributed by atoms with Gasteiger partial charge in [0.2, 0.25) is 5.95 Å². The lowest BCUT2D eigenvalue weighted by Crippen LogP contribution is -1.99. The van der Waals surface area contributed by atoms with Gasteiger partial charge in [0.25, 0.3) is 0 Å². The lowest BCUT2D eigenvalue weighted by molar-refractivity contribution is 0.311. The van der Waals surface area contributed by atoms with E-state index in [9.17, 15) is 0 Å². The topological polar surface area (TPSA) is 74.7 Å². The summed E-state index contributed by atoms with van der Waals surface area (Å²) in [7, 11) is 1.57. The monoisotopic (exact) mass is 308 g/mol. The fraction of sp³-hybridized carbons (Fsp3) is 0.286. The van der Waals surface area contributed by atoms with Crippen molar-refractivity contribution in [2.24, 2.45) is 5.10 Å². The van der Waals surface area contributed by atoms with Gasteiger partial charge in [-0.2, -0.15) is 5.10 Å². The maximum absolute atomic E-state index is 6.22. The first-order chi connectivity index (χ1) is 10.0. The summed E-state index contributed by atoms with van der Waals surface area (Å²) in [6.07, 6.45) is 3.32. The number of ether oxygens (including phenoxy) is 2. The molecule has 0 aliphatic rings. The molecule has 0 saturated carbocycles. The average molecular weight is 309 g/mol. The predicted molar refractivity (Wildman–Crippen MR) is 83.5 cm³/mol. The Kier molecular flexibility index (Phi) is 4.70. The normalized spacial score (nSPS) is 11.0. The second kappa shape index (κ2) is 6.49. The summed E-state index contributed by atoms with van der Waals surface area (Å²) in [5, 5.41) is 4.74. The summed E-state index contributed by atoms with van der Waals surface area (Å²) >= 11 is 6.22. The van der Waals surface area contributed by atoms with Gasteiger partial charge in [0, 0.05) is 11.6 Å². The molecule has 2 N–H and O–H groups in total. The molecule has 1 heterocycles. The molecule has 21 heavy (non-hydrogen) atoms. The minimum absolute atomic E-state index is 0.317. The van der Waals surface area contributed by atoms with Crippen LogP contribution in [0.3, 0.4) is 0 Å². The number of nitrogens with zero attached hydrogens (tertiary/aromatic N) is 3. The van der Waals surface area contributed by atoms with Crippen molar-refractivity contribution in [2.45, 2.75) is 13.8 Å². The molecule has 7 heteroatoms. The van der Waals surface area contributed by atoms with Crippen LogP contribution in [0, 0.1) is 6.92 Å². The minimum Gasteiger partial charge on any atom is -0.493 e. The third kappa shape index (κ3) is 3.46. The van der Waals surface area contributed by atoms with Gasteiger partial charge in [-0.05, 0) is 19.9 Å². The molecule has 0 amide bonds. The van der Waals surface area contributed by atoms with Gasteiger partial charge in [-0.1, -0.05) is 11.6 Å². The van der Waals surface area contributed by atoms with Gasteiger partial charge in [-0.25, -0.2) is 9.66 Å². The fourth-order valence-electron chi connectivity index (χ4n) is 1.80. The van der Waals surface area contributed by atoms with Crippen LogP contribution in [0.15, 0.2) is 23.4 Å². The zero-order chi connectivity index (χ0) is 15.4. The number of hydrogen-bond acceptors (Lipinski definition) is 5. The van der Waals surface area contributed by atoms with Gasteiger partial charge in [0.1, 0.15) is 0 Å². The summed E-state index contributed by atoms with van der Waals surface area (Å²) in [6, 6.07) is 3.46. The standard InChI is InChI=1S/C14H17ClN4O2/c1-4-21-13-6-11(15)10(5-12(13)20-3)7-17-19-8-9(2)18-14(19)16/h5-8H,4H2,1-3H3,(H2,16,18). The van der Waals surface area contributed by atoms with Crippen LogP contribution in [0.25, 0.3) is 0 Å². The molecule has 0 bridgehead atoms. The number of rotatable bonds is 5. The molecular formula is C14H17ClN4O2. The Morgan fingerprint density at radius 2 is 2.19 bits per heavy atom. The first-order valence-corrected chi connectivity index (χ1v) is 6.79. The number of imidazole rings is 1. The van der Waals surface area contributed by atoms with E-state index in [1.165, 1.54) is 4.68 Å². The maximum Gasteiger partial charge on any atom is 0.221 e. The van der Waals surface area contributed by atoms with Crippen LogP contribution < -0.4 is 15.2 Å². The number of nitrogen functional groups attached to an aromatic ring is 1. The van der Waals surface area contributed by atoms with E-state index in [0.29, 0.717) is 34.6 Å². The summed E-state index contributed by atoms with van der Waals surface area (Å²) < 4.78 is 12.2. The van der Waals surface area contributed by atoms with Gasteiger partial charge in [-0.15, -0.1) is 0 Å². The predicted octanol–water partition coefficient (Wildman–Crippen LogP) is 2.72. The van der Waals surface area contributed by atoms with Crippen molar-refractivity contribution in [1.29, 1.82) is 0 Å². The highest BCUT2D eigenvalue weighted by Gasteiger charge is 2.09.